The van der Waals surface area contributed by atoms with Gasteiger partial charge >= 0.3 is 5.92 Å². The Bertz CT molecular complexity index is 1650. The highest BCUT2D eigenvalue weighted by molar-refractivity contribution is 9.10. The van der Waals surface area contributed by atoms with Crippen molar-refractivity contribution >= 4 is 74.6 Å². The number of fused-ring (bicyclic) bond motifs is 6. The van der Waals surface area contributed by atoms with Gasteiger partial charge in [0.15, 0.2) is 5.41 Å². The summed E-state index contributed by atoms with van der Waals surface area (Å²) in [6.45, 7) is 4.07. The minimum absolute atomic E-state index is 0.0605. The molecule has 1 aromatic heterocycles. The second kappa shape index (κ2) is 8.96. The number of alkyl halides is 4. The summed E-state index contributed by atoms with van der Waals surface area (Å²) < 4.78 is 66.3. The van der Waals surface area contributed by atoms with E-state index in [2.05, 4.69) is 41.8 Å². The first-order chi connectivity index (χ1) is 17.4. The van der Waals surface area contributed by atoms with E-state index in [-0.39, 0.29) is 10.8 Å². The molecule has 5 rings (SSSR count). The number of nitrogens with zero attached hydrogens (tertiary/aromatic N) is 2. The standard InChI is InChI=1S/C28H21Br2F4N2P/c1-4-20(35-5-2)18-12-14(29)10-16-17-11-15(30)13-19(21-8-6-7-9-36-21)23(17)25-24(22(16)18)27(32,33)26(3,31)28(25,34)37/h4-13H,37H2,1-3H3/b20-4-,35-5?. The highest BCUT2D eigenvalue weighted by Gasteiger charge is 2.72. The molecule has 0 bridgehead atoms. The van der Waals surface area contributed by atoms with Crippen LogP contribution in [0.3, 0.4) is 0 Å². The highest BCUT2D eigenvalue weighted by atomic mass is 79.9. The van der Waals surface area contributed by atoms with Crippen molar-refractivity contribution in [1.82, 2.24) is 4.98 Å². The molecule has 190 valence electrons. The number of pyridine rings is 1. The fraction of sp³-hybridized carbons (Fsp3) is 0.214. The third-order valence-corrected chi connectivity index (χ3v) is 8.70. The Kier molecular flexibility index (Phi) is 6.41. The zero-order chi connectivity index (χ0) is 26.9. The number of benzene rings is 3. The van der Waals surface area contributed by atoms with Crippen LogP contribution >= 0.6 is 41.1 Å². The molecule has 0 fully saturated rings. The van der Waals surface area contributed by atoms with E-state index in [4.69, 9.17) is 0 Å². The van der Waals surface area contributed by atoms with E-state index in [0.29, 0.717) is 49.2 Å². The van der Waals surface area contributed by atoms with Crippen molar-refractivity contribution in [3.8, 4) is 11.3 Å². The number of hydrogen-bond donors (Lipinski definition) is 0. The first-order valence-electron chi connectivity index (χ1n) is 11.4. The van der Waals surface area contributed by atoms with E-state index < -0.39 is 28.1 Å². The Morgan fingerprint density at radius 2 is 1.59 bits per heavy atom. The Labute approximate surface area is 230 Å². The molecule has 0 saturated heterocycles. The number of halogens is 6. The molecule has 1 heterocycles. The van der Waals surface area contributed by atoms with Gasteiger partial charge in [0.1, 0.15) is 0 Å². The maximum atomic E-state index is 16.6. The van der Waals surface area contributed by atoms with Crippen molar-refractivity contribution < 1.29 is 17.6 Å². The largest absolute Gasteiger partial charge is 0.311 e. The van der Waals surface area contributed by atoms with Crippen molar-refractivity contribution in [2.75, 3.05) is 0 Å². The van der Waals surface area contributed by atoms with Crippen LogP contribution in [0.15, 0.2) is 68.7 Å². The number of rotatable bonds is 3. The van der Waals surface area contributed by atoms with Crippen LogP contribution in [0.2, 0.25) is 0 Å². The molecular weight excluding hydrogens is 631 g/mol. The molecule has 3 unspecified atom stereocenters. The second-order valence-electron chi connectivity index (χ2n) is 9.07. The molecule has 2 nitrogen and oxygen atoms in total. The lowest BCUT2D eigenvalue weighted by molar-refractivity contribution is -0.159. The van der Waals surface area contributed by atoms with Crippen LogP contribution in [-0.4, -0.2) is 16.9 Å². The molecule has 0 aliphatic heterocycles. The molecule has 0 N–H and O–H groups in total. The maximum Gasteiger partial charge on any atom is 0.311 e. The molecule has 4 aromatic rings. The predicted octanol–water partition coefficient (Wildman–Crippen LogP) is 9.86. The lowest BCUT2D eigenvalue weighted by Crippen LogP contribution is -2.44. The third kappa shape index (κ3) is 3.66. The van der Waals surface area contributed by atoms with Crippen molar-refractivity contribution in [2.45, 2.75) is 37.8 Å². The summed E-state index contributed by atoms with van der Waals surface area (Å²) in [7, 11) is 1.74. The van der Waals surface area contributed by atoms with E-state index in [1.807, 2.05) is 0 Å². The molecule has 9 heteroatoms. The van der Waals surface area contributed by atoms with E-state index in [9.17, 15) is 0 Å². The van der Waals surface area contributed by atoms with Crippen molar-refractivity contribution in [1.29, 1.82) is 0 Å². The van der Waals surface area contributed by atoms with Crippen LogP contribution in [0.5, 0.6) is 0 Å². The van der Waals surface area contributed by atoms with Crippen LogP contribution in [0, 0.1) is 0 Å². The Hall–Kier alpha value is -2.15. The molecule has 3 aromatic carbocycles. The number of aliphatic imine (C=N–C) groups is 1. The van der Waals surface area contributed by atoms with Crippen LogP contribution in [-0.2, 0) is 11.3 Å². The van der Waals surface area contributed by atoms with Gasteiger partial charge in [-0.25, -0.2) is 8.78 Å². The Morgan fingerprint density at radius 3 is 2.19 bits per heavy atom. The fourth-order valence-electron chi connectivity index (χ4n) is 5.17. The fourth-order valence-corrected chi connectivity index (χ4v) is 6.55. The van der Waals surface area contributed by atoms with Crippen molar-refractivity contribution in [3.63, 3.8) is 0 Å². The van der Waals surface area contributed by atoms with Gasteiger partial charge in [0, 0.05) is 49.0 Å². The molecule has 3 atom stereocenters. The second-order valence-corrected chi connectivity index (χ2v) is 11.7. The average molecular weight is 652 g/mol. The van der Waals surface area contributed by atoms with Gasteiger partial charge in [0.05, 0.1) is 11.4 Å². The van der Waals surface area contributed by atoms with Gasteiger partial charge in [-0.3, -0.25) is 9.98 Å². The first kappa shape index (κ1) is 26.5. The summed E-state index contributed by atoms with van der Waals surface area (Å²) in [5.74, 6) is -4.16. The Balaban J connectivity index is 2.17. The zero-order valence-corrected chi connectivity index (χ0v) is 24.3. The molecule has 0 saturated carbocycles. The summed E-state index contributed by atoms with van der Waals surface area (Å²) >= 11 is 7.04. The number of allylic oxidation sites excluding steroid dienone is 1. The van der Waals surface area contributed by atoms with Gasteiger partial charge in [-0.2, -0.15) is 8.78 Å². The normalized spacial score (nSPS) is 23.4. The Morgan fingerprint density at radius 1 is 0.946 bits per heavy atom. The summed E-state index contributed by atoms with van der Waals surface area (Å²) in [5.41, 5.74) is -3.00. The molecule has 1 aliphatic rings. The molecular formula is C28H21Br2F4N2P. The van der Waals surface area contributed by atoms with Crippen LogP contribution in [0.25, 0.3) is 38.5 Å². The topological polar surface area (TPSA) is 25.2 Å². The van der Waals surface area contributed by atoms with Crippen molar-refractivity contribution in [2.24, 2.45) is 4.99 Å². The summed E-state index contributed by atoms with van der Waals surface area (Å²) in [6, 6.07) is 12.0. The smallest absolute Gasteiger partial charge is 0.261 e. The first-order valence-corrected chi connectivity index (χ1v) is 13.6. The SMILES string of the molecule is CC=N/C(=C\C)c1cc(Br)cc2c1c1c(c3c(-c4ccccn4)cc(Br)cc32)C(F)(P)C(C)(F)C1(F)F. The van der Waals surface area contributed by atoms with Crippen LogP contribution in [0.1, 0.15) is 37.5 Å². The maximum absolute atomic E-state index is 16.6. The zero-order valence-electron chi connectivity index (χ0n) is 20.0. The molecule has 1 aliphatic carbocycles. The van der Waals surface area contributed by atoms with Gasteiger partial charge in [-0.15, -0.1) is 0 Å². The number of aromatic nitrogens is 1. The van der Waals surface area contributed by atoms with Crippen LogP contribution < -0.4 is 0 Å². The third-order valence-electron chi connectivity index (χ3n) is 6.96. The highest BCUT2D eigenvalue weighted by Crippen LogP contribution is 2.68. The average Bonchev–Trinajstić information content (AvgIpc) is 2.96. The van der Waals surface area contributed by atoms with Gasteiger partial charge < -0.3 is 0 Å². The quantitative estimate of drug-likeness (QED) is 0.0937. The van der Waals surface area contributed by atoms with E-state index in [1.165, 1.54) is 0 Å². The van der Waals surface area contributed by atoms with Crippen LogP contribution in [0.4, 0.5) is 17.6 Å². The van der Waals surface area contributed by atoms with Gasteiger partial charge in [0.2, 0.25) is 5.67 Å². The van der Waals surface area contributed by atoms with Gasteiger partial charge in [0.25, 0.3) is 0 Å². The summed E-state index contributed by atoms with van der Waals surface area (Å²) in [5, 5.41) is -1.94. The van der Waals surface area contributed by atoms with Crippen molar-refractivity contribution in [3.05, 3.63) is 80.4 Å². The van der Waals surface area contributed by atoms with Gasteiger partial charge in [-0.05, 0) is 73.3 Å². The molecule has 37 heavy (non-hydrogen) atoms. The van der Waals surface area contributed by atoms with E-state index in [0.717, 1.165) is 0 Å². The van der Waals surface area contributed by atoms with Gasteiger partial charge in [-0.1, -0.05) is 53.2 Å². The van der Waals surface area contributed by atoms with E-state index >= 15 is 17.6 Å². The monoisotopic (exact) mass is 650 g/mol. The minimum Gasteiger partial charge on any atom is -0.261 e. The lowest BCUT2D eigenvalue weighted by atomic mass is 9.86. The molecule has 0 radical (unpaired) electrons. The lowest BCUT2D eigenvalue weighted by Gasteiger charge is -2.31. The number of hydrogen-bond acceptors (Lipinski definition) is 2. The summed E-state index contributed by atoms with van der Waals surface area (Å²) in [6.07, 6.45) is 4.80. The van der Waals surface area contributed by atoms with E-state index in [1.54, 1.807) is 84.0 Å². The predicted molar refractivity (Wildman–Crippen MR) is 154 cm³/mol. The minimum atomic E-state index is -4.16. The summed E-state index contributed by atoms with van der Waals surface area (Å²) in [4.78, 5) is 8.77. The molecule has 0 amide bonds. The molecule has 0 spiro atoms.